The van der Waals surface area contributed by atoms with Gasteiger partial charge < -0.3 is 25.2 Å². The van der Waals surface area contributed by atoms with Crippen molar-refractivity contribution in [2.24, 2.45) is 18.4 Å². The normalized spacial score (nSPS) is 18.4. The first-order valence-corrected chi connectivity index (χ1v) is 14.4. The Kier molecular flexibility index (Phi) is 9.77. The zero-order valence-corrected chi connectivity index (χ0v) is 23.8. The molecule has 39 heavy (non-hydrogen) atoms. The van der Waals surface area contributed by atoms with Crippen molar-refractivity contribution in [2.45, 2.75) is 63.8 Å². The molecular weight excluding hydrogens is 541 g/mol. The summed E-state index contributed by atoms with van der Waals surface area (Å²) in [6.07, 6.45) is 10.4. The van der Waals surface area contributed by atoms with Crippen molar-refractivity contribution in [1.82, 2.24) is 25.1 Å². The van der Waals surface area contributed by atoms with Crippen molar-refractivity contribution in [3.63, 3.8) is 0 Å². The number of urea groups is 1. The summed E-state index contributed by atoms with van der Waals surface area (Å²) in [5.74, 6) is -0.834. The summed E-state index contributed by atoms with van der Waals surface area (Å²) in [5, 5.41) is 16.6. The van der Waals surface area contributed by atoms with Crippen molar-refractivity contribution in [3.05, 3.63) is 52.0 Å². The lowest BCUT2D eigenvalue weighted by Gasteiger charge is -2.45. The first kappa shape index (κ1) is 29.2. The number of hydrogen-bond acceptors (Lipinski definition) is 4. The van der Waals surface area contributed by atoms with Gasteiger partial charge in [-0.3, -0.25) is 9.59 Å². The van der Waals surface area contributed by atoms with Crippen LogP contribution in [-0.2, 0) is 29.5 Å². The second-order valence-corrected chi connectivity index (χ2v) is 11.6. The lowest BCUT2D eigenvalue weighted by atomic mass is 9.64. The SMILES string of the molecule is Cn1cnc(CCNC(=O)NC(Cc2ccc(Cl)c(Cl)c2)C(=O)N2CCC(C(=O)O)(C3CCCCC3)CC2)c1. The fourth-order valence-electron chi connectivity index (χ4n) is 6.01. The molecule has 11 heteroatoms. The topological polar surface area (TPSA) is 117 Å². The number of likely N-dealkylation sites (tertiary alicyclic amines) is 1. The summed E-state index contributed by atoms with van der Waals surface area (Å²) in [7, 11) is 1.88. The summed E-state index contributed by atoms with van der Waals surface area (Å²) in [5.41, 5.74) is 0.831. The summed E-state index contributed by atoms with van der Waals surface area (Å²) in [6.45, 7) is 1.06. The number of halogens is 2. The second kappa shape index (κ2) is 13.0. The number of carbonyl (C=O) groups is 3. The van der Waals surface area contributed by atoms with Gasteiger partial charge in [0.25, 0.3) is 0 Å². The highest BCUT2D eigenvalue weighted by Gasteiger charge is 2.48. The molecule has 3 amide bonds. The maximum atomic E-state index is 13.7. The monoisotopic (exact) mass is 577 g/mol. The van der Waals surface area contributed by atoms with Gasteiger partial charge in [-0.05, 0) is 49.3 Å². The van der Waals surface area contributed by atoms with E-state index in [1.807, 2.05) is 17.8 Å². The Morgan fingerprint density at radius 2 is 1.85 bits per heavy atom. The molecule has 1 aliphatic heterocycles. The van der Waals surface area contributed by atoms with Gasteiger partial charge in [-0.1, -0.05) is 48.5 Å². The van der Waals surface area contributed by atoms with Crippen LogP contribution in [0.2, 0.25) is 10.0 Å². The molecule has 1 unspecified atom stereocenters. The van der Waals surface area contributed by atoms with Gasteiger partial charge in [0.1, 0.15) is 6.04 Å². The molecule has 2 fully saturated rings. The highest BCUT2D eigenvalue weighted by molar-refractivity contribution is 6.42. The lowest BCUT2D eigenvalue weighted by molar-refractivity contribution is -0.160. The molecule has 2 aliphatic rings. The minimum Gasteiger partial charge on any atom is -0.481 e. The predicted molar refractivity (Wildman–Crippen MR) is 150 cm³/mol. The molecule has 212 valence electrons. The van der Waals surface area contributed by atoms with Gasteiger partial charge in [-0.2, -0.15) is 0 Å². The lowest BCUT2D eigenvalue weighted by Crippen LogP contribution is -2.56. The molecule has 2 heterocycles. The van der Waals surface area contributed by atoms with E-state index < -0.39 is 23.5 Å². The van der Waals surface area contributed by atoms with Crippen LogP contribution in [0.15, 0.2) is 30.7 Å². The number of hydrogen-bond donors (Lipinski definition) is 3. The van der Waals surface area contributed by atoms with Gasteiger partial charge in [0.05, 0.1) is 27.5 Å². The Morgan fingerprint density at radius 1 is 1.13 bits per heavy atom. The largest absolute Gasteiger partial charge is 0.481 e. The first-order chi connectivity index (χ1) is 18.7. The molecule has 1 aromatic carbocycles. The van der Waals surface area contributed by atoms with Crippen molar-refractivity contribution >= 4 is 41.1 Å². The van der Waals surface area contributed by atoms with E-state index in [4.69, 9.17) is 23.2 Å². The minimum absolute atomic E-state index is 0.149. The standard InChI is InChI=1S/C28H37Cl2N5O4/c1-34-17-21(32-18-34)9-12-31-27(39)33-24(16-19-7-8-22(29)23(30)15-19)25(36)35-13-10-28(11-14-35,26(37)38)20-5-3-2-4-6-20/h7-8,15,17-18,20,24H,2-6,9-14,16H2,1H3,(H,37,38)(H2,31,33,39). The number of aryl methyl sites for hydroxylation is 1. The molecule has 1 saturated carbocycles. The van der Waals surface area contributed by atoms with Crippen LogP contribution in [0, 0.1) is 11.3 Å². The quantitative estimate of drug-likeness (QED) is 0.407. The molecule has 1 atom stereocenters. The minimum atomic E-state index is -0.843. The molecule has 4 rings (SSSR count). The zero-order chi connectivity index (χ0) is 28.0. The van der Waals surface area contributed by atoms with Crippen LogP contribution in [0.5, 0.6) is 0 Å². The average Bonchev–Trinajstić information content (AvgIpc) is 3.35. The van der Waals surface area contributed by atoms with E-state index in [2.05, 4.69) is 15.6 Å². The van der Waals surface area contributed by atoms with Crippen LogP contribution in [0.25, 0.3) is 0 Å². The van der Waals surface area contributed by atoms with Gasteiger partial charge in [0.2, 0.25) is 5.91 Å². The molecule has 0 bridgehead atoms. The average molecular weight is 579 g/mol. The Morgan fingerprint density at radius 3 is 2.46 bits per heavy atom. The molecule has 2 aromatic rings. The number of piperidine rings is 1. The third kappa shape index (κ3) is 7.25. The van der Waals surface area contributed by atoms with Gasteiger partial charge >= 0.3 is 12.0 Å². The number of imidazole rings is 1. The number of rotatable bonds is 9. The molecule has 9 nitrogen and oxygen atoms in total. The van der Waals surface area contributed by atoms with Gasteiger partial charge in [0, 0.05) is 45.7 Å². The third-order valence-electron chi connectivity index (χ3n) is 8.23. The van der Waals surface area contributed by atoms with Crippen molar-refractivity contribution in [2.75, 3.05) is 19.6 Å². The van der Waals surface area contributed by atoms with Crippen LogP contribution in [0.4, 0.5) is 4.79 Å². The van der Waals surface area contributed by atoms with E-state index in [-0.39, 0.29) is 18.2 Å². The molecule has 3 N–H and O–H groups in total. The van der Waals surface area contributed by atoms with E-state index in [1.165, 1.54) is 0 Å². The third-order valence-corrected chi connectivity index (χ3v) is 8.97. The van der Waals surface area contributed by atoms with E-state index >= 15 is 0 Å². The van der Waals surface area contributed by atoms with Crippen LogP contribution >= 0.6 is 23.2 Å². The predicted octanol–water partition coefficient (Wildman–Crippen LogP) is 4.45. The highest BCUT2D eigenvalue weighted by Crippen LogP contribution is 2.46. The summed E-state index contributed by atoms with van der Waals surface area (Å²) < 4.78 is 1.84. The summed E-state index contributed by atoms with van der Waals surface area (Å²) in [6, 6.07) is 3.84. The van der Waals surface area contributed by atoms with Crippen LogP contribution in [-0.4, -0.2) is 63.1 Å². The number of carboxylic acid groups (broad SMARTS) is 1. The molecule has 1 aromatic heterocycles. The molecular formula is C28H37Cl2N5O4. The van der Waals surface area contributed by atoms with E-state index in [1.54, 1.807) is 29.4 Å². The highest BCUT2D eigenvalue weighted by atomic mass is 35.5. The Labute approximate surface area is 239 Å². The fourth-order valence-corrected chi connectivity index (χ4v) is 6.33. The molecule has 0 radical (unpaired) electrons. The molecule has 0 spiro atoms. The van der Waals surface area contributed by atoms with E-state index in [9.17, 15) is 19.5 Å². The van der Waals surface area contributed by atoms with E-state index in [0.717, 1.165) is 43.4 Å². The number of nitrogens with one attached hydrogen (secondary N) is 2. The Hall–Kier alpha value is -2.78. The maximum Gasteiger partial charge on any atom is 0.315 e. The first-order valence-electron chi connectivity index (χ1n) is 13.7. The summed E-state index contributed by atoms with van der Waals surface area (Å²) in [4.78, 5) is 44.9. The number of nitrogens with zero attached hydrogens (tertiary/aromatic N) is 3. The van der Waals surface area contributed by atoms with Crippen molar-refractivity contribution in [1.29, 1.82) is 0 Å². The van der Waals surface area contributed by atoms with Gasteiger partial charge in [0.15, 0.2) is 0 Å². The molecule has 1 saturated heterocycles. The van der Waals surface area contributed by atoms with Crippen LogP contribution in [0.1, 0.15) is 56.2 Å². The number of benzene rings is 1. The Balaban J connectivity index is 1.42. The fraction of sp³-hybridized carbons (Fsp3) is 0.571. The van der Waals surface area contributed by atoms with Crippen LogP contribution < -0.4 is 10.6 Å². The zero-order valence-electron chi connectivity index (χ0n) is 22.3. The van der Waals surface area contributed by atoms with Crippen molar-refractivity contribution < 1.29 is 19.5 Å². The van der Waals surface area contributed by atoms with Crippen LogP contribution in [0.3, 0.4) is 0 Å². The Bertz CT molecular complexity index is 1170. The number of carbonyl (C=O) groups excluding carboxylic acids is 2. The van der Waals surface area contributed by atoms with E-state index in [0.29, 0.717) is 48.9 Å². The van der Waals surface area contributed by atoms with Gasteiger partial charge in [-0.25, -0.2) is 9.78 Å². The second-order valence-electron chi connectivity index (χ2n) is 10.8. The van der Waals surface area contributed by atoms with Gasteiger partial charge in [-0.15, -0.1) is 0 Å². The molecule has 1 aliphatic carbocycles. The van der Waals surface area contributed by atoms with Crippen molar-refractivity contribution in [3.8, 4) is 0 Å². The smallest absolute Gasteiger partial charge is 0.315 e. The number of carboxylic acids is 1. The summed E-state index contributed by atoms with van der Waals surface area (Å²) >= 11 is 12.3. The number of amides is 3. The number of aromatic nitrogens is 2. The number of aliphatic carboxylic acids is 1. The maximum absolute atomic E-state index is 13.7.